The Kier molecular flexibility index (Phi) is 3.98. The van der Waals surface area contributed by atoms with Crippen molar-refractivity contribution in [2.24, 2.45) is 5.92 Å². The van der Waals surface area contributed by atoms with Crippen LogP contribution in [0.5, 0.6) is 0 Å². The number of aromatic nitrogens is 1. The van der Waals surface area contributed by atoms with E-state index < -0.39 is 0 Å². The van der Waals surface area contributed by atoms with Crippen LogP contribution < -0.4 is 0 Å². The second kappa shape index (κ2) is 5.92. The fourth-order valence-corrected chi connectivity index (χ4v) is 3.12. The molecule has 1 nitrogen and oxygen atoms in total. The lowest BCUT2D eigenvalue weighted by molar-refractivity contribution is 0.650. The Hall–Kier alpha value is -2.15. The normalized spacial score (nSPS) is 11.3. The molecule has 0 fully saturated rings. The molecule has 0 atom stereocenters. The summed E-state index contributed by atoms with van der Waals surface area (Å²) in [5, 5.41) is 1.28. The van der Waals surface area contributed by atoms with Crippen LogP contribution in [0.25, 0.3) is 22.2 Å². The first-order valence-corrected chi connectivity index (χ1v) is 8.00. The van der Waals surface area contributed by atoms with Crippen molar-refractivity contribution >= 4 is 10.9 Å². The second-order valence-electron chi connectivity index (χ2n) is 6.65. The van der Waals surface area contributed by atoms with Crippen molar-refractivity contribution in [1.29, 1.82) is 0 Å². The van der Waals surface area contributed by atoms with Gasteiger partial charge in [0.25, 0.3) is 0 Å². The molecule has 1 heterocycles. The SMILES string of the molecule is Cc1cc(C)cc(-c2ccc3c(CC(C)C)cccc3n2)c1. The zero-order chi connectivity index (χ0) is 15.7. The van der Waals surface area contributed by atoms with E-state index in [1.807, 2.05) is 0 Å². The van der Waals surface area contributed by atoms with Crippen LogP contribution in [0.2, 0.25) is 0 Å². The molecule has 112 valence electrons. The van der Waals surface area contributed by atoms with Crippen LogP contribution in [0.3, 0.4) is 0 Å². The molecule has 1 heteroatoms. The summed E-state index contributed by atoms with van der Waals surface area (Å²) in [6.45, 7) is 8.79. The van der Waals surface area contributed by atoms with E-state index in [0.29, 0.717) is 5.92 Å². The summed E-state index contributed by atoms with van der Waals surface area (Å²) in [6, 6.07) is 17.5. The fraction of sp³-hybridized carbons (Fsp3) is 0.286. The van der Waals surface area contributed by atoms with Crippen LogP contribution in [0, 0.1) is 19.8 Å². The highest BCUT2D eigenvalue weighted by atomic mass is 14.7. The standard InChI is InChI=1S/C21H23N/c1-14(2)10-17-6-5-7-21-19(17)8-9-20(22-21)18-12-15(3)11-16(4)13-18/h5-9,11-14H,10H2,1-4H3. The molecule has 0 aliphatic heterocycles. The number of pyridine rings is 1. The van der Waals surface area contributed by atoms with Gasteiger partial charge >= 0.3 is 0 Å². The third-order valence-electron chi connectivity index (χ3n) is 3.97. The van der Waals surface area contributed by atoms with Crippen LogP contribution in [0.1, 0.15) is 30.5 Å². The molecule has 0 aliphatic rings. The van der Waals surface area contributed by atoms with Gasteiger partial charge in [-0.2, -0.15) is 0 Å². The van der Waals surface area contributed by atoms with E-state index in [2.05, 4.69) is 76.2 Å². The van der Waals surface area contributed by atoms with Crippen LogP contribution in [0.4, 0.5) is 0 Å². The molecule has 1 aromatic heterocycles. The molecule has 0 unspecified atom stereocenters. The van der Waals surface area contributed by atoms with Gasteiger partial charge in [-0.25, -0.2) is 4.98 Å². The molecule has 3 aromatic rings. The van der Waals surface area contributed by atoms with Gasteiger partial charge in [-0.05, 0) is 56.0 Å². The van der Waals surface area contributed by atoms with E-state index in [9.17, 15) is 0 Å². The highest BCUT2D eigenvalue weighted by Gasteiger charge is 2.07. The molecular weight excluding hydrogens is 266 g/mol. The first-order chi connectivity index (χ1) is 10.5. The number of rotatable bonds is 3. The third kappa shape index (κ3) is 3.04. The van der Waals surface area contributed by atoms with E-state index in [1.54, 1.807) is 0 Å². The Labute approximate surface area is 133 Å². The van der Waals surface area contributed by atoms with Crippen molar-refractivity contribution in [3.05, 3.63) is 65.2 Å². The van der Waals surface area contributed by atoms with Gasteiger partial charge in [-0.15, -0.1) is 0 Å². The Morgan fingerprint density at radius 2 is 1.64 bits per heavy atom. The van der Waals surface area contributed by atoms with E-state index in [4.69, 9.17) is 4.98 Å². The number of aryl methyl sites for hydroxylation is 2. The quantitative estimate of drug-likeness (QED) is 0.601. The predicted molar refractivity (Wildman–Crippen MR) is 95.2 cm³/mol. The largest absolute Gasteiger partial charge is 0.248 e. The molecule has 0 amide bonds. The lowest BCUT2D eigenvalue weighted by Gasteiger charge is -2.10. The Morgan fingerprint density at radius 3 is 2.32 bits per heavy atom. The summed E-state index contributed by atoms with van der Waals surface area (Å²) in [7, 11) is 0. The summed E-state index contributed by atoms with van der Waals surface area (Å²) in [5.41, 5.74) is 7.31. The van der Waals surface area contributed by atoms with Gasteiger partial charge in [0.2, 0.25) is 0 Å². The Morgan fingerprint density at radius 1 is 0.909 bits per heavy atom. The maximum absolute atomic E-state index is 4.90. The molecule has 22 heavy (non-hydrogen) atoms. The van der Waals surface area contributed by atoms with Gasteiger partial charge in [0, 0.05) is 10.9 Å². The predicted octanol–water partition coefficient (Wildman–Crippen LogP) is 5.72. The van der Waals surface area contributed by atoms with E-state index in [-0.39, 0.29) is 0 Å². The molecule has 0 N–H and O–H groups in total. The molecule has 0 bridgehead atoms. The minimum absolute atomic E-state index is 0.657. The number of nitrogens with zero attached hydrogens (tertiary/aromatic N) is 1. The summed E-state index contributed by atoms with van der Waals surface area (Å²) in [4.78, 5) is 4.90. The minimum atomic E-state index is 0.657. The molecule has 2 aromatic carbocycles. The number of benzene rings is 2. The first kappa shape index (κ1) is 14.8. The minimum Gasteiger partial charge on any atom is -0.248 e. The lowest BCUT2D eigenvalue weighted by Crippen LogP contribution is -1.96. The number of fused-ring (bicyclic) bond motifs is 1. The van der Waals surface area contributed by atoms with Gasteiger partial charge in [0.1, 0.15) is 0 Å². The zero-order valence-electron chi connectivity index (χ0n) is 13.9. The van der Waals surface area contributed by atoms with E-state index >= 15 is 0 Å². The highest BCUT2D eigenvalue weighted by Crippen LogP contribution is 2.26. The molecule has 0 saturated carbocycles. The molecular formula is C21H23N. The monoisotopic (exact) mass is 289 g/mol. The maximum atomic E-state index is 4.90. The van der Waals surface area contributed by atoms with Crippen molar-refractivity contribution < 1.29 is 0 Å². The number of hydrogen-bond donors (Lipinski definition) is 0. The summed E-state index contributed by atoms with van der Waals surface area (Å²) in [5.74, 6) is 0.657. The van der Waals surface area contributed by atoms with E-state index in [0.717, 1.165) is 17.6 Å². The van der Waals surface area contributed by atoms with Crippen LogP contribution in [0.15, 0.2) is 48.5 Å². The van der Waals surface area contributed by atoms with Crippen LogP contribution in [-0.2, 0) is 6.42 Å². The smallest absolute Gasteiger partial charge is 0.0712 e. The summed E-state index contributed by atoms with van der Waals surface area (Å²) < 4.78 is 0. The lowest BCUT2D eigenvalue weighted by atomic mass is 9.98. The van der Waals surface area contributed by atoms with Crippen molar-refractivity contribution in [3.63, 3.8) is 0 Å². The van der Waals surface area contributed by atoms with E-state index in [1.165, 1.54) is 27.6 Å². The van der Waals surface area contributed by atoms with Crippen molar-refractivity contribution in [2.75, 3.05) is 0 Å². The maximum Gasteiger partial charge on any atom is 0.0712 e. The molecule has 0 spiro atoms. The molecule has 3 rings (SSSR count). The van der Waals surface area contributed by atoms with Crippen molar-refractivity contribution in [1.82, 2.24) is 4.98 Å². The van der Waals surface area contributed by atoms with Gasteiger partial charge in [0.15, 0.2) is 0 Å². The fourth-order valence-electron chi connectivity index (χ4n) is 3.12. The van der Waals surface area contributed by atoms with Crippen molar-refractivity contribution in [3.8, 4) is 11.3 Å². The van der Waals surface area contributed by atoms with Crippen molar-refractivity contribution in [2.45, 2.75) is 34.1 Å². The Balaban J connectivity index is 2.10. The van der Waals surface area contributed by atoms with Crippen LogP contribution in [-0.4, -0.2) is 4.98 Å². The highest BCUT2D eigenvalue weighted by molar-refractivity contribution is 5.84. The summed E-state index contributed by atoms with van der Waals surface area (Å²) >= 11 is 0. The molecule has 0 saturated heterocycles. The first-order valence-electron chi connectivity index (χ1n) is 8.00. The summed E-state index contributed by atoms with van der Waals surface area (Å²) in [6.07, 6.45) is 1.10. The van der Waals surface area contributed by atoms with Gasteiger partial charge in [-0.1, -0.05) is 49.2 Å². The Bertz CT molecular complexity index is 795. The average molecular weight is 289 g/mol. The van der Waals surface area contributed by atoms with Crippen LogP contribution >= 0.6 is 0 Å². The van der Waals surface area contributed by atoms with Gasteiger partial charge in [0.05, 0.1) is 11.2 Å². The second-order valence-corrected chi connectivity index (χ2v) is 6.65. The third-order valence-corrected chi connectivity index (χ3v) is 3.97. The topological polar surface area (TPSA) is 12.9 Å². The molecule has 0 aliphatic carbocycles. The molecule has 0 radical (unpaired) electrons. The zero-order valence-corrected chi connectivity index (χ0v) is 13.9. The number of hydrogen-bond acceptors (Lipinski definition) is 1. The average Bonchev–Trinajstić information content (AvgIpc) is 2.45. The van der Waals surface area contributed by atoms with Gasteiger partial charge in [-0.3, -0.25) is 0 Å². The van der Waals surface area contributed by atoms with Gasteiger partial charge < -0.3 is 0 Å².